The highest BCUT2D eigenvalue weighted by molar-refractivity contribution is 5.76. The minimum Gasteiger partial charge on any atom is -0.383 e. The topological polar surface area (TPSA) is 53.6 Å². The van der Waals surface area contributed by atoms with E-state index in [0.717, 1.165) is 58.1 Å². The minimum atomic E-state index is 0.238. The van der Waals surface area contributed by atoms with Gasteiger partial charge in [0.1, 0.15) is 0 Å². The summed E-state index contributed by atoms with van der Waals surface area (Å²) in [6.45, 7) is 6.02. The smallest absolute Gasteiger partial charge is 0.220 e. The summed E-state index contributed by atoms with van der Waals surface area (Å²) in [7, 11) is 1.73. The molecule has 2 fully saturated rings. The third kappa shape index (κ3) is 5.38. The first-order chi connectivity index (χ1) is 9.78. The van der Waals surface area contributed by atoms with Crippen molar-refractivity contribution < 1.29 is 9.53 Å². The molecule has 2 aliphatic rings. The van der Waals surface area contributed by atoms with Crippen LogP contribution in [0.4, 0.5) is 0 Å². The second kappa shape index (κ2) is 8.60. The van der Waals surface area contributed by atoms with Gasteiger partial charge in [-0.2, -0.15) is 0 Å². The Morgan fingerprint density at radius 1 is 1.35 bits per heavy atom. The fourth-order valence-corrected chi connectivity index (χ4v) is 3.18. The third-order valence-corrected chi connectivity index (χ3v) is 4.49. The highest BCUT2D eigenvalue weighted by Crippen LogP contribution is 2.17. The number of nitrogens with zero attached hydrogens (tertiary/aromatic N) is 1. The Morgan fingerprint density at radius 2 is 2.15 bits per heavy atom. The fourth-order valence-electron chi connectivity index (χ4n) is 3.18. The zero-order chi connectivity index (χ0) is 14.2. The highest BCUT2D eigenvalue weighted by Gasteiger charge is 2.23. The fraction of sp³-hybridized carbons (Fsp3) is 0.933. The van der Waals surface area contributed by atoms with E-state index in [0.29, 0.717) is 12.5 Å². The van der Waals surface area contributed by atoms with E-state index < -0.39 is 0 Å². The molecule has 2 saturated heterocycles. The molecule has 2 aliphatic heterocycles. The van der Waals surface area contributed by atoms with Crippen molar-refractivity contribution >= 4 is 5.91 Å². The van der Waals surface area contributed by atoms with Crippen molar-refractivity contribution in [1.29, 1.82) is 0 Å². The lowest BCUT2D eigenvalue weighted by Crippen LogP contribution is -2.38. The lowest BCUT2D eigenvalue weighted by atomic mass is 9.93. The molecule has 0 aromatic heterocycles. The normalized spacial score (nSPS) is 24.9. The molecular formula is C15H29N3O2. The zero-order valence-corrected chi connectivity index (χ0v) is 12.7. The van der Waals surface area contributed by atoms with Crippen molar-refractivity contribution in [2.75, 3.05) is 46.4 Å². The summed E-state index contributed by atoms with van der Waals surface area (Å²) in [4.78, 5) is 14.4. The van der Waals surface area contributed by atoms with Gasteiger partial charge >= 0.3 is 0 Å². The SMILES string of the molecule is COCCN1CCC(NC(=O)CCC2CCNCC2)C1. The quantitative estimate of drug-likeness (QED) is 0.718. The average Bonchev–Trinajstić information content (AvgIpc) is 2.91. The second-order valence-electron chi connectivity index (χ2n) is 6.08. The van der Waals surface area contributed by atoms with Gasteiger partial charge in [-0.3, -0.25) is 9.69 Å². The molecule has 0 aromatic rings. The van der Waals surface area contributed by atoms with Crippen LogP contribution in [0.25, 0.3) is 0 Å². The van der Waals surface area contributed by atoms with Crippen LogP contribution in [0.5, 0.6) is 0 Å². The number of carbonyl (C=O) groups is 1. The number of carbonyl (C=O) groups excluding carboxylic acids is 1. The molecule has 0 saturated carbocycles. The Morgan fingerprint density at radius 3 is 2.90 bits per heavy atom. The zero-order valence-electron chi connectivity index (χ0n) is 12.7. The molecule has 20 heavy (non-hydrogen) atoms. The van der Waals surface area contributed by atoms with Crippen LogP contribution >= 0.6 is 0 Å². The van der Waals surface area contributed by atoms with Gasteiger partial charge in [-0.1, -0.05) is 0 Å². The Bertz CT molecular complexity index is 293. The molecule has 2 heterocycles. The summed E-state index contributed by atoms with van der Waals surface area (Å²) < 4.78 is 5.09. The first kappa shape index (κ1) is 15.7. The molecule has 1 amide bonds. The van der Waals surface area contributed by atoms with Crippen molar-refractivity contribution in [1.82, 2.24) is 15.5 Å². The number of hydrogen-bond donors (Lipinski definition) is 2. The number of ether oxygens (including phenoxy) is 1. The first-order valence-corrected chi connectivity index (χ1v) is 7.99. The van der Waals surface area contributed by atoms with Crippen molar-refractivity contribution in [2.45, 2.75) is 38.1 Å². The van der Waals surface area contributed by atoms with Gasteiger partial charge in [-0.25, -0.2) is 0 Å². The third-order valence-electron chi connectivity index (χ3n) is 4.49. The first-order valence-electron chi connectivity index (χ1n) is 7.99. The van der Waals surface area contributed by atoms with Crippen LogP contribution in [0.1, 0.15) is 32.1 Å². The predicted octanol–water partition coefficient (Wildman–Crippen LogP) is 0.603. The van der Waals surface area contributed by atoms with E-state index in [1.165, 1.54) is 12.8 Å². The maximum Gasteiger partial charge on any atom is 0.220 e. The van der Waals surface area contributed by atoms with E-state index >= 15 is 0 Å². The van der Waals surface area contributed by atoms with E-state index in [4.69, 9.17) is 4.74 Å². The number of rotatable bonds is 7. The van der Waals surface area contributed by atoms with Gasteiger partial charge in [0.05, 0.1) is 6.61 Å². The molecule has 1 unspecified atom stereocenters. The summed E-state index contributed by atoms with van der Waals surface area (Å²) in [5, 5.41) is 6.55. The number of hydrogen-bond acceptors (Lipinski definition) is 4. The second-order valence-corrected chi connectivity index (χ2v) is 6.08. The number of piperidine rings is 1. The molecule has 2 N–H and O–H groups in total. The maximum absolute atomic E-state index is 12.0. The van der Waals surface area contributed by atoms with Crippen LogP contribution in [-0.2, 0) is 9.53 Å². The van der Waals surface area contributed by atoms with Gasteiger partial charge in [0.25, 0.3) is 0 Å². The number of amides is 1. The van der Waals surface area contributed by atoms with E-state index in [1.54, 1.807) is 7.11 Å². The number of likely N-dealkylation sites (tertiary alicyclic amines) is 1. The van der Waals surface area contributed by atoms with Crippen LogP contribution < -0.4 is 10.6 Å². The maximum atomic E-state index is 12.0. The summed E-state index contributed by atoms with van der Waals surface area (Å²) in [6, 6.07) is 0.340. The van der Waals surface area contributed by atoms with Gasteiger partial charge in [0.2, 0.25) is 5.91 Å². The monoisotopic (exact) mass is 283 g/mol. The Balaban J connectivity index is 1.57. The van der Waals surface area contributed by atoms with E-state index in [2.05, 4.69) is 15.5 Å². The van der Waals surface area contributed by atoms with Crippen LogP contribution in [-0.4, -0.2) is 63.3 Å². The Labute approximate surface area is 122 Å². The van der Waals surface area contributed by atoms with Gasteiger partial charge in [0.15, 0.2) is 0 Å². The summed E-state index contributed by atoms with van der Waals surface area (Å²) >= 11 is 0. The molecule has 0 spiro atoms. The molecule has 1 atom stereocenters. The van der Waals surface area contributed by atoms with Crippen LogP contribution in [0.3, 0.4) is 0 Å². The highest BCUT2D eigenvalue weighted by atomic mass is 16.5. The summed E-state index contributed by atoms with van der Waals surface area (Å²) in [5.74, 6) is 0.978. The minimum absolute atomic E-state index is 0.238. The van der Waals surface area contributed by atoms with Gasteiger partial charge in [0, 0.05) is 39.2 Å². The van der Waals surface area contributed by atoms with Crippen molar-refractivity contribution in [3.05, 3.63) is 0 Å². The molecule has 116 valence electrons. The molecule has 0 radical (unpaired) electrons. The molecule has 5 heteroatoms. The molecular weight excluding hydrogens is 254 g/mol. The van der Waals surface area contributed by atoms with Crippen molar-refractivity contribution in [3.8, 4) is 0 Å². The van der Waals surface area contributed by atoms with Crippen LogP contribution in [0, 0.1) is 5.92 Å². The van der Waals surface area contributed by atoms with Gasteiger partial charge in [-0.05, 0) is 44.7 Å². The standard InChI is InChI=1S/C15H29N3O2/c1-20-11-10-18-9-6-14(12-18)17-15(19)3-2-13-4-7-16-8-5-13/h13-14,16H,2-12H2,1H3,(H,17,19). The number of nitrogens with one attached hydrogen (secondary N) is 2. The summed E-state index contributed by atoms with van der Waals surface area (Å²) in [5.41, 5.74) is 0. The molecule has 0 bridgehead atoms. The molecule has 0 aromatic carbocycles. The van der Waals surface area contributed by atoms with Crippen molar-refractivity contribution in [3.63, 3.8) is 0 Å². The average molecular weight is 283 g/mol. The number of methoxy groups -OCH3 is 1. The Kier molecular flexibility index (Phi) is 6.76. The van der Waals surface area contributed by atoms with Crippen LogP contribution in [0.2, 0.25) is 0 Å². The van der Waals surface area contributed by atoms with Gasteiger partial charge in [-0.15, -0.1) is 0 Å². The van der Waals surface area contributed by atoms with E-state index in [-0.39, 0.29) is 5.91 Å². The van der Waals surface area contributed by atoms with E-state index in [1.807, 2.05) is 0 Å². The molecule has 5 nitrogen and oxygen atoms in total. The van der Waals surface area contributed by atoms with Gasteiger partial charge < -0.3 is 15.4 Å². The summed E-state index contributed by atoms with van der Waals surface area (Å²) in [6.07, 6.45) is 5.26. The Hall–Kier alpha value is -0.650. The van der Waals surface area contributed by atoms with E-state index in [9.17, 15) is 4.79 Å². The van der Waals surface area contributed by atoms with Crippen molar-refractivity contribution in [2.24, 2.45) is 5.92 Å². The molecule has 0 aliphatic carbocycles. The lowest BCUT2D eigenvalue weighted by Gasteiger charge is -2.22. The largest absolute Gasteiger partial charge is 0.383 e. The molecule has 2 rings (SSSR count). The predicted molar refractivity (Wildman–Crippen MR) is 79.7 cm³/mol. The lowest BCUT2D eigenvalue weighted by molar-refractivity contribution is -0.122. The van der Waals surface area contributed by atoms with Crippen LogP contribution in [0.15, 0.2) is 0 Å².